The first-order valence-electron chi connectivity index (χ1n) is 5.36. The van der Waals surface area contributed by atoms with Gasteiger partial charge in [-0.1, -0.05) is 0 Å². The number of nitrogens with zero attached hydrogens (tertiary/aromatic N) is 1. The van der Waals surface area contributed by atoms with Crippen LogP contribution in [0.1, 0.15) is 23.2 Å². The third-order valence-corrected chi connectivity index (χ3v) is 3.09. The highest BCUT2D eigenvalue weighted by atomic mass is 16.3. The Balaban J connectivity index is 2.02. The molecule has 16 heavy (non-hydrogen) atoms. The summed E-state index contributed by atoms with van der Waals surface area (Å²) in [6, 6.07) is 4.50. The van der Waals surface area contributed by atoms with E-state index in [-0.39, 0.29) is 5.75 Å². The predicted molar refractivity (Wildman–Crippen MR) is 57.5 cm³/mol. The first-order valence-corrected chi connectivity index (χ1v) is 5.36. The van der Waals surface area contributed by atoms with Gasteiger partial charge in [-0.05, 0) is 37.0 Å². The number of phenolic OH excluding ortho intramolecular Hbond substituents is 1. The van der Waals surface area contributed by atoms with Crippen molar-refractivity contribution in [3.63, 3.8) is 0 Å². The Kier molecular flexibility index (Phi) is 1.80. The summed E-state index contributed by atoms with van der Waals surface area (Å²) in [5.74, 6) is -0.413. The molecule has 1 heterocycles. The summed E-state index contributed by atoms with van der Waals surface area (Å²) in [5.41, 5.74) is 0.963. The summed E-state index contributed by atoms with van der Waals surface area (Å²) in [4.78, 5) is 24.9. The van der Waals surface area contributed by atoms with Crippen molar-refractivity contribution in [2.45, 2.75) is 12.8 Å². The van der Waals surface area contributed by atoms with Gasteiger partial charge in [0.1, 0.15) is 5.75 Å². The standard InChI is InChI=1S/C12H11NO3/c14-8-3-4-10-9(5-8)11(15)12(16)13(10)6-7-1-2-7/h3-5,7,14H,1-2,6H2. The molecule has 0 bridgehead atoms. The Hall–Kier alpha value is -1.84. The second-order valence-corrected chi connectivity index (χ2v) is 4.39. The summed E-state index contributed by atoms with van der Waals surface area (Å²) >= 11 is 0. The van der Waals surface area contributed by atoms with Crippen molar-refractivity contribution in [1.82, 2.24) is 0 Å². The van der Waals surface area contributed by atoms with Crippen LogP contribution >= 0.6 is 0 Å². The number of benzene rings is 1. The smallest absolute Gasteiger partial charge is 0.299 e. The average molecular weight is 217 g/mol. The molecule has 1 fully saturated rings. The Bertz CT molecular complexity index is 491. The number of carbonyl (C=O) groups is 2. The maximum Gasteiger partial charge on any atom is 0.299 e. The molecule has 2 aliphatic rings. The Morgan fingerprint density at radius 2 is 2.06 bits per heavy atom. The number of carbonyl (C=O) groups excluding carboxylic acids is 2. The molecule has 1 N–H and O–H groups in total. The lowest BCUT2D eigenvalue weighted by Gasteiger charge is -2.15. The molecule has 1 amide bonds. The summed E-state index contributed by atoms with van der Waals surface area (Å²) in [5, 5.41) is 9.30. The van der Waals surface area contributed by atoms with Gasteiger partial charge in [0, 0.05) is 6.54 Å². The van der Waals surface area contributed by atoms with Crippen molar-refractivity contribution in [2.75, 3.05) is 11.4 Å². The van der Waals surface area contributed by atoms with Crippen LogP contribution in [0.3, 0.4) is 0 Å². The monoisotopic (exact) mass is 217 g/mol. The minimum absolute atomic E-state index is 0.0215. The topological polar surface area (TPSA) is 57.6 Å². The number of rotatable bonds is 2. The molecule has 0 radical (unpaired) electrons. The van der Waals surface area contributed by atoms with Crippen LogP contribution in [0.15, 0.2) is 18.2 Å². The number of hydrogen-bond donors (Lipinski definition) is 1. The van der Waals surface area contributed by atoms with E-state index in [0.717, 1.165) is 12.8 Å². The van der Waals surface area contributed by atoms with E-state index in [1.54, 1.807) is 6.07 Å². The first-order chi connectivity index (χ1) is 7.66. The Labute approximate surface area is 92.5 Å². The zero-order valence-electron chi connectivity index (χ0n) is 8.64. The lowest BCUT2D eigenvalue weighted by Crippen LogP contribution is -2.31. The lowest BCUT2D eigenvalue weighted by molar-refractivity contribution is -0.114. The highest BCUT2D eigenvalue weighted by Gasteiger charge is 2.38. The fourth-order valence-electron chi connectivity index (χ4n) is 2.03. The number of amides is 1. The normalized spacial score (nSPS) is 19.1. The lowest BCUT2D eigenvalue weighted by atomic mass is 10.1. The van der Waals surface area contributed by atoms with Crippen molar-refractivity contribution in [3.05, 3.63) is 23.8 Å². The van der Waals surface area contributed by atoms with Gasteiger partial charge in [-0.25, -0.2) is 0 Å². The van der Waals surface area contributed by atoms with Crippen molar-refractivity contribution in [1.29, 1.82) is 0 Å². The van der Waals surface area contributed by atoms with E-state index in [9.17, 15) is 14.7 Å². The minimum Gasteiger partial charge on any atom is -0.508 e. The van der Waals surface area contributed by atoms with Crippen molar-refractivity contribution < 1.29 is 14.7 Å². The number of Topliss-reactive ketones (excluding diaryl/α,β-unsaturated/α-hetero) is 1. The highest BCUT2D eigenvalue weighted by Crippen LogP contribution is 2.36. The van der Waals surface area contributed by atoms with E-state index in [0.29, 0.717) is 23.7 Å². The highest BCUT2D eigenvalue weighted by molar-refractivity contribution is 6.52. The van der Waals surface area contributed by atoms with E-state index in [1.165, 1.54) is 17.0 Å². The summed E-state index contributed by atoms with van der Waals surface area (Å²) in [6.45, 7) is 0.627. The molecule has 0 unspecified atom stereocenters. The van der Waals surface area contributed by atoms with Gasteiger partial charge in [0.15, 0.2) is 0 Å². The molecule has 3 rings (SSSR count). The second-order valence-electron chi connectivity index (χ2n) is 4.39. The number of phenols is 1. The first kappa shape index (κ1) is 9.39. The van der Waals surface area contributed by atoms with Gasteiger partial charge >= 0.3 is 0 Å². The summed E-state index contributed by atoms with van der Waals surface area (Å²) in [6.07, 6.45) is 2.26. The molecule has 4 heteroatoms. The molecule has 0 atom stereocenters. The average Bonchev–Trinajstić information content (AvgIpc) is 3.04. The van der Waals surface area contributed by atoms with Gasteiger partial charge in [0.2, 0.25) is 0 Å². The van der Waals surface area contributed by atoms with Gasteiger partial charge in [-0.3, -0.25) is 9.59 Å². The number of anilines is 1. The molecular formula is C12H11NO3. The van der Waals surface area contributed by atoms with Crippen LogP contribution in [0.25, 0.3) is 0 Å². The molecule has 1 saturated carbocycles. The number of aromatic hydroxyl groups is 1. The zero-order valence-corrected chi connectivity index (χ0v) is 8.64. The van der Waals surface area contributed by atoms with Crippen LogP contribution in [0.5, 0.6) is 5.75 Å². The number of fused-ring (bicyclic) bond motifs is 1. The number of ketones is 1. The van der Waals surface area contributed by atoms with E-state index >= 15 is 0 Å². The van der Waals surface area contributed by atoms with Crippen LogP contribution in [-0.4, -0.2) is 23.3 Å². The molecule has 1 aliphatic carbocycles. The summed E-state index contributed by atoms with van der Waals surface area (Å²) < 4.78 is 0. The van der Waals surface area contributed by atoms with Crippen molar-refractivity contribution in [3.8, 4) is 5.75 Å². The largest absolute Gasteiger partial charge is 0.508 e. The molecule has 0 saturated heterocycles. The van der Waals surface area contributed by atoms with Gasteiger partial charge in [0.25, 0.3) is 11.7 Å². The molecule has 0 spiro atoms. The quantitative estimate of drug-likeness (QED) is 0.760. The van der Waals surface area contributed by atoms with Crippen LogP contribution in [0.4, 0.5) is 5.69 Å². The number of hydrogen-bond acceptors (Lipinski definition) is 3. The molecule has 1 aromatic carbocycles. The van der Waals surface area contributed by atoms with Gasteiger partial charge in [0.05, 0.1) is 11.3 Å². The van der Waals surface area contributed by atoms with Crippen LogP contribution < -0.4 is 4.90 Å². The van der Waals surface area contributed by atoms with Gasteiger partial charge in [-0.2, -0.15) is 0 Å². The predicted octanol–water partition coefficient (Wildman–Crippen LogP) is 1.33. The van der Waals surface area contributed by atoms with E-state index in [1.807, 2.05) is 0 Å². The van der Waals surface area contributed by atoms with E-state index < -0.39 is 11.7 Å². The minimum atomic E-state index is -0.508. The van der Waals surface area contributed by atoms with Gasteiger partial charge < -0.3 is 10.0 Å². The maximum atomic E-state index is 11.7. The molecule has 0 aromatic heterocycles. The van der Waals surface area contributed by atoms with Crippen LogP contribution in [-0.2, 0) is 4.79 Å². The Morgan fingerprint density at radius 1 is 1.31 bits per heavy atom. The molecule has 82 valence electrons. The van der Waals surface area contributed by atoms with E-state index in [4.69, 9.17) is 0 Å². The molecule has 4 nitrogen and oxygen atoms in total. The summed E-state index contributed by atoms with van der Waals surface area (Å²) in [7, 11) is 0. The molecule has 1 aliphatic heterocycles. The third-order valence-electron chi connectivity index (χ3n) is 3.09. The van der Waals surface area contributed by atoms with Gasteiger partial charge in [-0.15, -0.1) is 0 Å². The van der Waals surface area contributed by atoms with Crippen LogP contribution in [0, 0.1) is 5.92 Å². The fraction of sp³-hybridized carbons (Fsp3) is 0.333. The fourth-order valence-corrected chi connectivity index (χ4v) is 2.03. The van der Waals surface area contributed by atoms with E-state index in [2.05, 4.69) is 0 Å². The molecular weight excluding hydrogens is 206 g/mol. The third kappa shape index (κ3) is 1.30. The van der Waals surface area contributed by atoms with Crippen molar-refractivity contribution in [2.24, 2.45) is 5.92 Å². The SMILES string of the molecule is O=C1C(=O)N(CC2CC2)c2ccc(O)cc21. The second kappa shape index (κ2) is 3.07. The Morgan fingerprint density at radius 3 is 2.75 bits per heavy atom. The maximum absolute atomic E-state index is 11.7. The van der Waals surface area contributed by atoms with Crippen LogP contribution in [0.2, 0.25) is 0 Å². The molecule has 1 aromatic rings. The zero-order chi connectivity index (χ0) is 11.3. The van der Waals surface area contributed by atoms with Crippen molar-refractivity contribution >= 4 is 17.4 Å².